The van der Waals surface area contributed by atoms with Crippen LogP contribution in [-0.4, -0.2) is 23.5 Å². The summed E-state index contributed by atoms with van der Waals surface area (Å²) < 4.78 is 12.9. The number of hydrogen-bond donors (Lipinski definition) is 1. The maximum atomic E-state index is 6.41. The van der Waals surface area contributed by atoms with Crippen LogP contribution >= 0.6 is 0 Å². The summed E-state index contributed by atoms with van der Waals surface area (Å²) in [6.07, 6.45) is 1.44. The van der Waals surface area contributed by atoms with E-state index in [4.69, 9.17) is 15.2 Å². The number of nitrogens with zero attached hydrogens (tertiary/aromatic N) is 2. The fourth-order valence-electron chi connectivity index (χ4n) is 2.34. The van der Waals surface area contributed by atoms with Crippen molar-refractivity contribution in [2.24, 2.45) is 12.8 Å². The second-order valence-corrected chi connectivity index (χ2v) is 4.53. The van der Waals surface area contributed by atoms with Crippen molar-refractivity contribution in [3.05, 3.63) is 47.8 Å². The summed E-state index contributed by atoms with van der Waals surface area (Å²) in [6, 6.07) is 9.62. The van der Waals surface area contributed by atoms with Crippen molar-refractivity contribution in [3.8, 4) is 5.75 Å². The molecule has 0 saturated carbocycles. The van der Waals surface area contributed by atoms with Gasteiger partial charge in [0.2, 0.25) is 0 Å². The average Bonchev–Trinajstić information content (AvgIpc) is 2.86. The Morgan fingerprint density at radius 1 is 1.30 bits per heavy atom. The number of methoxy groups -OCH3 is 1. The van der Waals surface area contributed by atoms with Crippen molar-refractivity contribution in [1.29, 1.82) is 0 Å². The summed E-state index contributed by atoms with van der Waals surface area (Å²) >= 11 is 0. The van der Waals surface area contributed by atoms with Gasteiger partial charge in [0.05, 0.1) is 25.0 Å². The third-order valence-electron chi connectivity index (χ3n) is 3.29. The van der Waals surface area contributed by atoms with Crippen molar-refractivity contribution in [1.82, 2.24) is 9.78 Å². The van der Waals surface area contributed by atoms with E-state index in [-0.39, 0.29) is 12.1 Å². The Kier molecular flexibility index (Phi) is 4.76. The van der Waals surface area contributed by atoms with E-state index in [1.807, 2.05) is 44.3 Å². The van der Waals surface area contributed by atoms with Gasteiger partial charge in [0.15, 0.2) is 5.75 Å². The second kappa shape index (κ2) is 6.54. The Morgan fingerprint density at radius 3 is 2.60 bits per heavy atom. The summed E-state index contributed by atoms with van der Waals surface area (Å²) in [5, 5.41) is 4.20. The first-order chi connectivity index (χ1) is 9.69. The van der Waals surface area contributed by atoms with Gasteiger partial charge in [0.25, 0.3) is 0 Å². The van der Waals surface area contributed by atoms with Crippen LogP contribution in [0.3, 0.4) is 0 Å². The maximum Gasteiger partial charge on any atom is 0.161 e. The highest BCUT2D eigenvalue weighted by Crippen LogP contribution is 2.34. The molecule has 108 valence electrons. The molecule has 0 aliphatic carbocycles. The molecule has 0 aliphatic heterocycles. The minimum Gasteiger partial charge on any atom is -0.493 e. The fraction of sp³-hybridized carbons (Fsp3) is 0.400. The normalized spacial score (nSPS) is 14.0. The molecule has 1 aromatic heterocycles. The van der Waals surface area contributed by atoms with Crippen LogP contribution in [0.25, 0.3) is 0 Å². The standard InChI is InChI=1S/C15H21N3O2/c1-4-20-15(11-8-6-5-7-9-11)13(16)14-12(19-3)10-17-18(14)2/h5-10,13,15H,4,16H2,1-3H3. The zero-order valence-corrected chi connectivity index (χ0v) is 12.1. The second-order valence-electron chi connectivity index (χ2n) is 4.53. The number of rotatable bonds is 6. The van der Waals surface area contributed by atoms with Gasteiger partial charge in [-0.1, -0.05) is 30.3 Å². The SMILES string of the molecule is CCOC(c1ccccc1)C(N)c1c(OC)cnn1C. The van der Waals surface area contributed by atoms with Gasteiger partial charge in [-0.25, -0.2) is 0 Å². The summed E-state index contributed by atoms with van der Waals surface area (Å²) in [5.74, 6) is 0.681. The molecule has 5 heteroatoms. The molecule has 2 rings (SSSR count). The van der Waals surface area contributed by atoms with E-state index in [0.717, 1.165) is 11.3 Å². The molecule has 0 radical (unpaired) electrons. The number of nitrogens with two attached hydrogens (primary N) is 1. The Hall–Kier alpha value is -1.85. The van der Waals surface area contributed by atoms with Gasteiger partial charge >= 0.3 is 0 Å². The zero-order valence-electron chi connectivity index (χ0n) is 12.1. The molecule has 2 N–H and O–H groups in total. The molecule has 1 aromatic carbocycles. The summed E-state index contributed by atoms with van der Waals surface area (Å²) in [4.78, 5) is 0. The van der Waals surface area contributed by atoms with Crippen LogP contribution in [0.4, 0.5) is 0 Å². The first kappa shape index (κ1) is 14.6. The van der Waals surface area contributed by atoms with E-state index in [1.165, 1.54) is 0 Å². The topological polar surface area (TPSA) is 62.3 Å². The van der Waals surface area contributed by atoms with Crippen LogP contribution in [0.2, 0.25) is 0 Å². The van der Waals surface area contributed by atoms with Gasteiger partial charge in [-0.05, 0) is 12.5 Å². The zero-order chi connectivity index (χ0) is 14.5. The smallest absolute Gasteiger partial charge is 0.161 e. The monoisotopic (exact) mass is 275 g/mol. The highest BCUT2D eigenvalue weighted by Gasteiger charge is 2.27. The predicted octanol–water partition coefficient (Wildman–Crippen LogP) is 2.21. The average molecular weight is 275 g/mol. The molecule has 5 nitrogen and oxygen atoms in total. The quantitative estimate of drug-likeness (QED) is 0.878. The lowest BCUT2D eigenvalue weighted by Crippen LogP contribution is -2.25. The summed E-state index contributed by atoms with van der Waals surface area (Å²) in [5.41, 5.74) is 8.29. The van der Waals surface area contributed by atoms with Crippen LogP contribution in [0.1, 0.15) is 30.3 Å². The highest BCUT2D eigenvalue weighted by atomic mass is 16.5. The van der Waals surface area contributed by atoms with Gasteiger partial charge in [-0.3, -0.25) is 4.68 Å². The molecule has 0 aliphatic rings. The van der Waals surface area contributed by atoms with Crippen LogP contribution in [0.15, 0.2) is 36.5 Å². The molecule has 0 fully saturated rings. The van der Waals surface area contributed by atoms with Crippen molar-refractivity contribution in [3.63, 3.8) is 0 Å². The lowest BCUT2D eigenvalue weighted by molar-refractivity contribution is 0.0405. The van der Waals surface area contributed by atoms with Gasteiger partial charge < -0.3 is 15.2 Å². The van der Waals surface area contributed by atoms with E-state index in [0.29, 0.717) is 12.4 Å². The Morgan fingerprint density at radius 2 is 2.00 bits per heavy atom. The number of hydrogen-bond acceptors (Lipinski definition) is 4. The lowest BCUT2D eigenvalue weighted by Gasteiger charge is -2.25. The molecule has 0 saturated heterocycles. The minimum atomic E-state index is -0.347. The summed E-state index contributed by atoms with van der Waals surface area (Å²) in [6.45, 7) is 2.55. The Labute approximate surface area is 119 Å². The Bertz CT molecular complexity index is 539. The van der Waals surface area contributed by atoms with Gasteiger partial charge in [0, 0.05) is 13.7 Å². The van der Waals surface area contributed by atoms with E-state index in [1.54, 1.807) is 18.0 Å². The largest absolute Gasteiger partial charge is 0.493 e. The molecule has 2 aromatic rings. The van der Waals surface area contributed by atoms with Crippen LogP contribution in [0.5, 0.6) is 5.75 Å². The molecule has 20 heavy (non-hydrogen) atoms. The van der Waals surface area contributed by atoms with E-state index in [9.17, 15) is 0 Å². The van der Waals surface area contributed by atoms with E-state index < -0.39 is 0 Å². The predicted molar refractivity (Wildman–Crippen MR) is 77.5 cm³/mol. The van der Waals surface area contributed by atoms with Crippen LogP contribution in [-0.2, 0) is 11.8 Å². The fourth-order valence-corrected chi connectivity index (χ4v) is 2.34. The third-order valence-corrected chi connectivity index (χ3v) is 3.29. The van der Waals surface area contributed by atoms with E-state index >= 15 is 0 Å². The number of benzene rings is 1. The minimum absolute atomic E-state index is 0.231. The first-order valence-corrected chi connectivity index (χ1v) is 6.67. The molecular weight excluding hydrogens is 254 g/mol. The molecule has 1 heterocycles. The number of aryl methyl sites for hydroxylation is 1. The van der Waals surface area contributed by atoms with Crippen molar-refractivity contribution in [2.45, 2.75) is 19.1 Å². The maximum absolute atomic E-state index is 6.41. The number of ether oxygens (including phenoxy) is 2. The van der Waals surface area contributed by atoms with E-state index in [2.05, 4.69) is 5.10 Å². The third kappa shape index (κ3) is 2.84. The molecule has 0 spiro atoms. The molecule has 0 bridgehead atoms. The first-order valence-electron chi connectivity index (χ1n) is 6.67. The van der Waals surface area contributed by atoms with Crippen LogP contribution < -0.4 is 10.5 Å². The van der Waals surface area contributed by atoms with Gasteiger partial charge in [-0.2, -0.15) is 5.10 Å². The lowest BCUT2D eigenvalue weighted by atomic mass is 9.99. The molecule has 2 atom stereocenters. The van der Waals surface area contributed by atoms with Crippen LogP contribution in [0, 0.1) is 0 Å². The van der Waals surface area contributed by atoms with Crippen molar-refractivity contribution in [2.75, 3.05) is 13.7 Å². The molecule has 0 amide bonds. The molecule has 2 unspecified atom stereocenters. The number of aromatic nitrogens is 2. The van der Waals surface area contributed by atoms with Gasteiger partial charge in [-0.15, -0.1) is 0 Å². The van der Waals surface area contributed by atoms with Crippen molar-refractivity contribution < 1.29 is 9.47 Å². The highest BCUT2D eigenvalue weighted by molar-refractivity contribution is 5.31. The molecular formula is C15H21N3O2. The summed E-state index contributed by atoms with van der Waals surface area (Å²) in [7, 11) is 3.47. The van der Waals surface area contributed by atoms with Gasteiger partial charge in [0.1, 0.15) is 6.10 Å². The van der Waals surface area contributed by atoms with Crippen molar-refractivity contribution >= 4 is 0 Å². The Balaban J connectivity index is 2.36.